The number of thioether (sulfide) groups is 1. The molecule has 0 saturated heterocycles. The summed E-state index contributed by atoms with van der Waals surface area (Å²) >= 11 is 2.05. The lowest BCUT2D eigenvalue weighted by atomic mass is 9.92. The lowest BCUT2D eigenvalue weighted by Crippen LogP contribution is -2.22. The summed E-state index contributed by atoms with van der Waals surface area (Å²) < 4.78 is 0. The van der Waals surface area contributed by atoms with Gasteiger partial charge in [0.05, 0.1) is 0 Å². The third-order valence-electron chi connectivity index (χ3n) is 1.82. The van der Waals surface area contributed by atoms with Gasteiger partial charge >= 0.3 is 0 Å². The molecule has 0 aromatic heterocycles. The second-order valence-corrected chi connectivity index (χ2v) is 5.90. The first kappa shape index (κ1) is 13.3. The fourth-order valence-corrected chi connectivity index (χ4v) is 1.76. The Morgan fingerprint density at radius 1 is 1.08 bits per heavy atom. The SMILES string of the molecule is CCCSCCNCCC(C)(C)C. The topological polar surface area (TPSA) is 12.0 Å². The van der Waals surface area contributed by atoms with Crippen molar-refractivity contribution in [3.63, 3.8) is 0 Å². The first-order chi connectivity index (χ1) is 6.06. The van der Waals surface area contributed by atoms with Gasteiger partial charge in [-0.3, -0.25) is 0 Å². The zero-order chi connectivity index (χ0) is 10.2. The second-order valence-electron chi connectivity index (χ2n) is 4.67. The van der Waals surface area contributed by atoms with Crippen LogP contribution < -0.4 is 5.32 Å². The van der Waals surface area contributed by atoms with Gasteiger partial charge in [-0.05, 0) is 30.6 Å². The zero-order valence-electron chi connectivity index (χ0n) is 9.65. The molecule has 1 N–H and O–H groups in total. The summed E-state index contributed by atoms with van der Waals surface area (Å²) in [6.45, 7) is 11.4. The van der Waals surface area contributed by atoms with E-state index in [2.05, 4.69) is 33.0 Å². The van der Waals surface area contributed by atoms with Gasteiger partial charge in [-0.2, -0.15) is 11.8 Å². The van der Waals surface area contributed by atoms with Crippen molar-refractivity contribution in [3.8, 4) is 0 Å². The molecule has 0 spiro atoms. The maximum absolute atomic E-state index is 3.48. The fourth-order valence-electron chi connectivity index (χ4n) is 0.979. The van der Waals surface area contributed by atoms with Crippen molar-refractivity contribution in [2.45, 2.75) is 40.5 Å². The largest absolute Gasteiger partial charge is 0.316 e. The predicted octanol–water partition coefficient (Wildman–Crippen LogP) is 3.16. The normalized spacial score (nSPS) is 12.0. The van der Waals surface area contributed by atoms with Crippen LogP contribution in [0.5, 0.6) is 0 Å². The van der Waals surface area contributed by atoms with Crippen LogP contribution in [0.15, 0.2) is 0 Å². The molecule has 0 atom stereocenters. The van der Waals surface area contributed by atoms with Crippen LogP contribution in [0.3, 0.4) is 0 Å². The molecule has 13 heavy (non-hydrogen) atoms. The lowest BCUT2D eigenvalue weighted by Gasteiger charge is -2.17. The van der Waals surface area contributed by atoms with Gasteiger partial charge in [0.15, 0.2) is 0 Å². The first-order valence-corrected chi connectivity index (χ1v) is 6.50. The van der Waals surface area contributed by atoms with E-state index in [0.717, 1.165) is 6.54 Å². The van der Waals surface area contributed by atoms with Crippen LogP contribution in [-0.4, -0.2) is 24.6 Å². The van der Waals surface area contributed by atoms with Gasteiger partial charge in [-0.15, -0.1) is 0 Å². The Morgan fingerprint density at radius 3 is 2.31 bits per heavy atom. The molecule has 2 heteroatoms. The highest BCUT2D eigenvalue weighted by Crippen LogP contribution is 2.16. The molecular weight excluding hydrogens is 178 g/mol. The predicted molar refractivity (Wildman–Crippen MR) is 64.6 cm³/mol. The zero-order valence-corrected chi connectivity index (χ0v) is 10.5. The van der Waals surface area contributed by atoms with Crippen molar-refractivity contribution < 1.29 is 0 Å². The monoisotopic (exact) mass is 203 g/mol. The highest BCUT2D eigenvalue weighted by Gasteiger charge is 2.08. The molecule has 0 aromatic carbocycles. The van der Waals surface area contributed by atoms with Crippen LogP contribution in [0.25, 0.3) is 0 Å². The van der Waals surface area contributed by atoms with Crippen molar-refractivity contribution in [1.82, 2.24) is 5.32 Å². The van der Waals surface area contributed by atoms with Crippen LogP contribution in [0.2, 0.25) is 0 Å². The van der Waals surface area contributed by atoms with Crippen LogP contribution in [0.1, 0.15) is 40.5 Å². The lowest BCUT2D eigenvalue weighted by molar-refractivity contribution is 0.369. The highest BCUT2D eigenvalue weighted by atomic mass is 32.2. The summed E-state index contributed by atoms with van der Waals surface area (Å²) in [5, 5.41) is 3.48. The van der Waals surface area contributed by atoms with E-state index in [4.69, 9.17) is 0 Å². The van der Waals surface area contributed by atoms with Gasteiger partial charge in [0.25, 0.3) is 0 Å². The van der Waals surface area contributed by atoms with Crippen LogP contribution in [-0.2, 0) is 0 Å². The molecule has 0 aliphatic carbocycles. The highest BCUT2D eigenvalue weighted by molar-refractivity contribution is 7.99. The molecule has 0 fully saturated rings. The molecule has 0 aliphatic rings. The third-order valence-corrected chi connectivity index (χ3v) is 3.01. The number of hydrogen-bond acceptors (Lipinski definition) is 2. The van der Waals surface area contributed by atoms with Crippen LogP contribution in [0, 0.1) is 5.41 Å². The van der Waals surface area contributed by atoms with Crippen molar-refractivity contribution in [2.75, 3.05) is 24.6 Å². The Bertz CT molecular complexity index is 107. The average Bonchev–Trinajstić information content (AvgIpc) is 2.01. The molecule has 1 nitrogen and oxygen atoms in total. The van der Waals surface area contributed by atoms with Gasteiger partial charge in [0.1, 0.15) is 0 Å². The maximum Gasteiger partial charge on any atom is 0.00580 e. The fraction of sp³-hybridized carbons (Fsp3) is 1.00. The minimum absolute atomic E-state index is 0.476. The van der Waals surface area contributed by atoms with Gasteiger partial charge < -0.3 is 5.32 Å². The van der Waals surface area contributed by atoms with Gasteiger partial charge in [-0.1, -0.05) is 27.7 Å². The van der Waals surface area contributed by atoms with Gasteiger partial charge in [0, 0.05) is 12.3 Å². The summed E-state index contributed by atoms with van der Waals surface area (Å²) in [5.41, 5.74) is 0.476. The van der Waals surface area contributed by atoms with Crippen molar-refractivity contribution >= 4 is 11.8 Å². The summed E-state index contributed by atoms with van der Waals surface area (Å²) in [7, 11) is 0. The van der Waals surface area contributed by atoms with Crippen molar-refractivity contribution in [1.29, 1.82) is 0 Å². The molecule has 0 aliphatic heterocycles. The van der Waals surface area contributed by atoms with E-state index in [-0.39, 0.29) is 0 Å². The molecular formula is C11H25NS. The van der Waals surface area contributed by atoms with E-state index >= 15 is 0 Å². The summed E-state index contributed by atoms with van der Waals surface area (Å²) in [6.07, 6.45) is 2.57. The second kappa shape index (κ2) is 7.69. The first-order valence-electron chi connectivity index (χ1n) is 5.35. The Hall–Kier alpha value is 0.310. The summed E-state index contributed by atoms with van der Waals surface area (Å²) in [4.78, 5) is 0. The Kier molecular flexibility index (Phi) is 7.87. The molecule has 0 saturated carbocycles. The molecule has 0 amide bonds. The molecule has 0 heterocycles. The minimum atomic E-state index is 0.476. The van der Waals surface area contributed by atoms with Gasteiger partial charge in [0.2, 0.25) is 0 Å². The van der Waals surface area contributed by atoms with Crippen LogP contribution in [0.4, 0.5) is 0 Å². The van der Waals surface area contributed by atoms with E-state index in [9.17, 15) is 0 Å². The van der Waals surface area contributed by atoms with Crippen molar-refractivity contribution in [2.24, 2.45) is 5.41 Å². The molecule has 0 aromatic rings. The van der Waals surface area contributed by atoms with E-state index in [0.29, 0.717) is 5.41 Å². The smallest absolute Gasteiger partial charge is 0.00580 e. The quantitative estimate of drug-likeness (QED) is 0.638. The van der Waals surface area contributed by atoms with Crippen molar-refractivity contribution in [3.05, 3.63) is 0 Å². The minimum Gasteiger partial charge on any atom is -0.316 e. The summed E-state index contributed by atoms with van der Waals surface area (Å²) in [5.74, 6) is 2.57. The van der Waals surface area contributed by atoms with E-state index in [1.807, 2.05) is 11.8 Å². The maximum atomic E-state index is 3.48. The molecule has 0 rings (SSSR count). The Balaban J connectivity index is 3.00. The van der Waals surface area contributed by atoms with E-state index in [1.165, 1.54) is 30.9 Å². The Morgan fingerprint density at radius 2 is 1.77 bits per heavy atom. The number of hydrogen-bond donors (Lipinski definition) is 1. The van der Waals surface area contributed by atoms with E-state index < -0.39 is 0 Å². The van der Waals surface area contributed by atoms with Gasteiger partial charge in [-0.25, -0.2) is 0 Å². The molecule has 0 unspecified atom stereocenters. The number of nitrogens with one attached hydrogen (secondary N) is 1. The molecule has 0 bridgehead atoms. The number of rotatable bonds is 7. The molecule has 80 valence electrons. The summed E-state index contributed by atoms with van der Waals surface area (Å²) in [6, 6.07) is 0. The van der Waals surface area contributed by atoms with E-state index in [1.54, 1.807) is 0 Å². The third kappa shape index (κ3) is 12.3. The Labute approximate surface area is 88.1 Å². The average molecular weight is 203 g/mol. The molecule has 0 radical (unpaired) electrons. The standard InChI is InChI=1S/C11H25NS/c1-5-9-13-10-8-12-7-6-11(2,3)4/h12H,5-10H2,1-4H3. The van der Waals surface area contributed by atoms with Crippen LogP contribution >= 0.6 is 11.8 Å².